The summed E-state index contributed by atoms with van der Waals surface area (Å²) in [6, 6.07) is -0.208. The van der Waals surface area contributed by atoms with Crippen molar-refractivity contribution in [2.24, 2.45) is 0 Å². The summed E-state index contributed by atoms with van der Waals surface area (Å²) in [6.07, 6.45) is 0. The minimum atomic E-state index is -0.208. The second kappa shape index (κ2) is 1.48. The van der Waals surface area contributed by atoms with E-state index in [1.165, 1.54) is 0 Å². The van der Waals surface area contributed by atoms with Crippen LogP contribution in [0.15, 0.2) is 0 Å². The van der Waals surface area contributed by atoms with Gasteiger partial charge in [0.2, 0.25) is 0 Å². The minimum absolute atomic E-state index is 0.125. The molecular formula is C3H7N2O2+. The highest BCUT2D eigenvalue weighted by Gasteiger charge is 2.23. The first-order valence-corrected chi connectivity index (χ1v) is 2.05. The Morgan fingerprint density at radius 1 is 2.00 bits per heavy atom. The summed E-state index contributed by atoms with van der Waals surface area (Å²) in [4.78, 5) is 14.8. The third kappa shape index (κ3) is 0.703. The van der Waals surface area contributed by atoms with Crippen LogP contribution in [-0.4, -0.2) is 18.6 Å². The fourth-order valence-electron chi connectivity index (χ4n) is 0.372. The standard InChI is InChI=1S/C3H6N2O2/c4-2-1-7-5-3(2)6/h2H,1,4H2,(H,5,6)/p+1/t2-/m0/s1. The van der Waals surface area contributed by atoms with E-state index in [1.807, 2.05) is 0 Å². The second-order valence-corrected chi connectivity index (χ2v) is 1.47. The van der Waals surface area contributed by atoms with Gasteiger partial charge in [-0.25, -0.2) is 5.48 Å². The van der Waals surface area contributed by atoms with E-state index in [2.05, 4.69) is 16.1 Å². The third-order valence-electron chi connectivity index (χ3n) is 0.828. The summed E-state index contributed by atoms with van der Waals surface area (Å²) in [5.74, 6) is -0.125. The van der Waals surface area contributed by atoms with Crippen molar-refractivity contribution in [3.8, 4) is 0 Å². The molecule has 1 aliphatic rings. The van der Waals surface area contributed by atoms with E-state index in [9.17, 15) is 4.79 Å². The topological polar surface area (TPSA) is 66.0 Å². The zero-order chi connectivity index (χ0) is 5.28. The van der Waals surface area contributed by atoms with Gasteiger partial charge in [-0.1, -0.05) is 0 Å². The van der Waals surface area contributed by atoms with Gasteiger partial charge in [-0.2, -0.15) is 0 Å². The van der Waals surface area contributed by atoms with Crippen molar-refractivity contribution < 1.29 is 15.4 Å². The van der Waals surface area contributed by atoms with Crippen LogP contribution < -0.4 is 11.2 Å². The first-order chi connectivity index (χ1) is 3.30. The van der Waals surface area contributed by atoms with Crippen molar-refractivity contribution in [3.63, 3.8) is 0 Å². The Morgan fingerprint density at radius 3 is 2.86 bits per heavy atom. The van der Waals surface area contributed by atoms with Crippen LogP contribution in [0.25, 0.3) is 0 Å². The fraction of sp³-hybridized carbons (Fsp3) is 0.667. The van der Waals surface area contributed by atoms with Crippen molar-refractivity contribution in [2.45, 2.75) is 6.04 Å². The minimum Gasteiger partial charge on any atom is -0.345 e. The highest BCUT2D eigenvalue weighted by atomic mass is 16.7. The molecule has 0 aromatic heterocycles. The Hall–Kier alpha value is -0.610. The molecule has 7 heavy (non-hydrogen) atoms. The van der Waals surface area contributed by atoms with Crippen molar-refractivity contribution in [2.75, 3.05) is 6.61 Å². The summed E-state index contributed by atoms with van der Waals surface area (Å²) in [7, 11) is 0. The van der Waals surface area contributed by atoms with E-state index in [4.69, 9.17) is 0 Å². The molecule has 4 heteroatoms. The fourth-order valence-corrected chi connectivity index (χ4v) is 0.372. The van der Waals surface area contributed by atoms with Crippen LogP contribution >= 0.6 is 0 Å². The first kappa shape index (κ1) is 4.55. The van der Waals surface area contributed by atoms with E-state index in [0.717, 1.165) is 0 Å². The zero-order valence-electron chi connectivity index (χ0n) is 3.81. The normalized spacial score (nSPS) is 30.4. The Kier molecular flexibility index (Phi) is 0.958. The molecule has 1 heterocycles. The number of carbonyl (C=O) groups is 1. The van der Waals surface area contributed by atoms with Crippen LogP contribution in [0.2, 0.25) is 0 Å². The number of hydroxylamine groups is 1. The van der Waals surface area contributed by atoms with Crippen LogP contribution in [0.3, 0.4) is 0 Å². The Morgan fingerprint density at radius 2 is 2.71 bits per heavy atom. The van der Waals surface area contributed by atoms with Gasteiger partial charge in [0, 0.05) is 0 Å². The van der Waals surface area contributed by atoms with Crippen molar-refractivity contribution in [1.29, 1.82) is 0 Å². The summed E-state index contributed by atoms with van der Waals surface area (Å²) in [5, 5.41) is 0. The number of nitrogens with one attached hydrogen (secondary N) is 1. The second-order valence-electron chi connectivity index (χ2n) is 1.47. The average molecular weight is 103 g/mol. The van der Waals surface area contributed by atoms with Crippen LogP contribution in [0.1, 0.15) is 0 Å². The molecule has 1 atom stereocenters. The molecule has 1 amide bonds. The number of carbonyl (C=O) groups excluding carboxylic acids is 1. The largest absolute Gasteiger partial charge is 0.345 e. The number of hydrogen-bond acceptors (Lipinski definition) is 2. The van der Waals surface area contributed by atoms with Gasteiger partial charge in [-0.15, -0.1) is 0 Å². The van der Waals surface area contributed by atoms with E-state index in [-0.39, 0.29) is 11.9 Å². The lowest BCUT2D eigenvalue weighted by Crippen LogP contribution is -2.65. The van der Waals surface area contributed by atoms with Crippen molar-refractivity contribution >= 4 is 5.91 Å². The molecular weight excluding hydrogens is 96.0 g/mol. The highest BCUT2D eigenvalue weighted by Crippen LogP contribution is 1.84. The molecule has 0 saturated carbocycles. The van der Waals surface area contributed by atoms with Gasteiger partial charge in [0.05, 0.1) is 0 Å². The van der Waals surface area contributed by atoms with Gasteiger partial charge in [-0.05, 0) is 0 Å². The molecule has 0 aromatic carbocycles. The molecule has 0 aliphatic carbocycles. The zero-order valence-corrected chi connectivity index (χ0v) is 3.81. The first-order valence-electron chi connectivity index (χ1n) is 2.05. The van der Waals surface area contributed by atoms with Gasteiger partial charge < -0.3 is 5.73 Å². The summed E-state index contributed by atoms with van der Waals surface area (Å²) in [6.45, 7) is 0.402. The number of rotatable bonds is 0. The molecule has 1 saturated heterocycles. The van der Waals surface area contributed by atoms with Crippen LogP contribution in [0, 0.1) is 0 Å². The maximum absolute atomic E-state index is 10.3. The molecule has 40 valence electrons. The average Bonchev–Trinajstić information content (AvgIpc) is 1.91. The molecule has 0 radical (unpaired) electrons. The summed E-state index contributed by atoms with van der Waals surface area (Å²) >= 11 is 0. The SMILES string of the molecule is [NH3+][C@H]1CONC1=O. The molecule has 1 rings (SSSR count). The van der Waals surface area contributed by atoms with Crippen LogP contribution in [0.5, 0.6) is 0 Å². The van der Waals surface area contributed by atoms with Gasteiger partial charge in [0.15, 0.2) is 6.04 Å². The quantitative estimate of drug-likeness (QED) is 0.361. The Bertz CT molecular complexity index is 92.9. The smallest absolute Gasteiger partial charge is 0.304 e. The van der Waals surface area contributed by atoms with Crippen molar-refractivity contribution in [1.82, 2.24) is 5.48 Å². The molecule has 1 aliphatic heterocycles. The Balaban J connectivity index is 2.48. The lowest BCUT2D eigenvalue weighted by molar-refractivity contribution is -0.402. The number of amides is 1. The molecule has 4 nitrogen and oxygen atoms in total. The highest BCUT2D eigenvalue weighted by molar-refractivity contribution is 5.80. The molecule has 0 bridgehead atoms. The van der Waals surface area contributed by atoms with E-state index < -0.39 is 0 Å². The maximum atomic E-state index is 10.3. The lowest BCUT2D eigenvalue weighted by atomic mass is 10.3. The summed E-state index contributed by atoms with van der Waals surface area (Å²) in [5.41, 5.74) is 5.65. The van der Waals surface area contributed by atoms with Gasteiger partial charge in [0.1, 0.15) is 6.61 Å². The van der Waals surface area contributed by atoms with E-state index in [1.54, 1.807) is 0 Å². The van der Waals surface area contributed by atoms with Crippen LogP contribution in [-0.2, 0) is 9.63 Å². The Labute approximate surface area is 40.6 Å². The number of hydrogen-bond donors (Lipinski definition) is 2. The molecule has 4 N–H and O–H groups in total. The van der Waals surface area contributed by atoms with Crippen molar-refractivity contribution in [3.05, 3.63) is 0 Å². The lowest BCUT2D eigenvalue weighted by Gasteiger charge is -1.83. The monoisotopic (exact) mass is 103 g/mol. The van der Waals surface area contributed by atoms with Gasteiger partial charge in [-0.3, -0.25) is 9.63 Å². The van der Waals surface area contributed by atoms with Gasteiger partial charge >= 0.3 is 5.91 Å². The number of quaternary nitrogens is 1. The predicted octanol–water partition coefficient (Wildman–Crippen LogP) is -2.34. The molecule has 0 spiro atoms. The van der Waals surface area contributed by atoms with E-state index >= 15 is 0 Å². The summed E-state index contributed by atoms with van der Waals surface area (Å²) < 4.78 is 0. The van der Waals surface area contributed by atoms with E-state index in [0.29, 0.717) is 6.61 Å². The molecule has 0 unspecified atom stereocenters. The third-order valence-corrected chi connectivity index (χ3v) is 0.828. The predicted molar refractivity (Wildman–Crippen MR) is 20.8 cm³/mol. The maximum Gasteiger partial charge on any atom is 0.304 e. The molecule has 1 fully saturated rings. The molecule has 0 aromatic rings. The van der Waals surface area contributed by atoms with Gasteiger partial charge in [0.25, 0.3) is 0 Å². The van der Waals surface area contributed by atoms with Crippen LogP contribution in [0.4, 0.5) is 0 Å².